The molecule has 78 heavy (non-hydrogen) atoms. The lowest BCUT2D eigenvalue weighted by molar-refractivity contribution is 1.01. The van der Waals surface area contributed by atoms with E-state index in [0.29, 0.717) is 5.95 Å². The molecular formula is C72H44N6. The van der Waals surface area contributed by atoms with E-state index in [4.69, 9.17) is 9.97 Å². The molecule has 0 saturated carbocycles. The predicted molar refractivity (Wildman–Crippen MR) is 325 cm³/mol. The van der Waals surface area contributed by atoms with Crippen LogP contribution >= 0.6 is 0 Å². The third-order valence-electron chi connectivity index (χ3n) is 16.3. The maximum atomic E-state index is 5.71. The van der Waals surface area contributed by atoms with Gasteiger partial charge in [-0.25, -0.2) is 9.97 Å². The highest BCUT2D eigenvalue weighted by Crippen LogP contribution is 2.44. The van der Waals surface area contributed by atoms with Gasteiger partial charge in [-0.1, -0.05) is 176 Å². The smallest absolute Gasteiger partial charge is 0.235 e. The second-order valence-electron chi connectivity index (χ2n) is 20.5. The first-order valence-corrected chi connectivity index (χ1v) is 26.7. The molecular weight excluding hydrogens is 949 g/mol. The first-order chi connectivity index (χ1) is 38.7. The molecule has 12 aromatic carbocycles. The van der Waals surface area contributed by atoms with Crippen LogP contribution < -0.4 is 0 Å². The van der Waals surface area contributed by atoms with Crippen LogP contribution in [0.4, 0.5) is 0 Å². The molecule has 0 bridgehead atoms. The zero-order valence-electron chi connectivity index (χ0n) is 42.1. The van der Waals surface area contributed by atoms with Crippen LogP contribution in [0, 0.1) is 0 Å². The summed E-state index contributed by atoms with van der Waals surface area (Å²) in [6.45, 7) is 0. The number of hydrogen-bond donors (Lipinski definition) is 0. The molecule has 0 unspecified atom stereocenters. The highest BCUT2D eigenvalue weighted by atomic mass is 15.2. The van der Waals surface area contributed by atoms with Crippen LogP contribution in [-0.2, 0) is 0 Å². The standard InChI is InChI=1S/C72H44N6/c1-3-20-49(21-4-1)75-62-30-13-11-28-55(62)60-43-46(35-40-66(60)75)47-36-41-67-61(44-47)56-29-12-16-33-65(56)78(67)72-73-68(59-37-34-45-18-7-8-25-52(45)69(59)74-72)48-19-17-24-51(42-48)77-64-32-15-10-27-54(64)58-39-38-57-53-26-9-14-31-63(53)76(70(57)71(58)77)50-22-5-2-6-23-50/h1-44H. The Hall–Kier alpha value is -10.6. The van der Waals surface area contributed by atoms with Gasteiger partial charge in [0.2, 0.25) is 5.95 Å². The fourth-order valence-corrected chi connectivity index (χ4v) is 13.0. The molecule has 6 nitrogen and oxygen atoms in total. The normalized spacial score (nSPS) is 12.1. The lowest BCUT2D eigenvalue weighted by Gasteiger charge is -2.15. The number of fused-ring (bicyclic) bond motifs is 16. The highest BCUT2D eigenvalue weighted by molar-refractivity contribution is 6.24. The van der Waals surface area contributed by atoms with Gasteiger partial charge in [-0.2, -0.15) is 0 Å². The van der Waals surface area contributed by atoms with Crippen LogP contribution in [0.1, 0.15) is 0 Å². The topological polar surface area (TPSA) is 45.5 Å². The van der Waals surface area contributed by atoms with E-state index in [9.17, 15) is 0 Å². The Labute approximate surface area is 447 Å². The molecule has 5 aromatic heterocycles. The molecule has 0 radical (unpaired) electrons. The number of para-hydroxylation sites is 6. The summed E-state index contributed by atoms with van der Waals surface area (Å²) in [4.78, 5) is 11.3. The Balaban J connectivity index is 0.883. The Morgan fingerprint density at radius 3 is 1.27 bits per heavy atom. The van der Waals surface area contributed by atoms with Gasteiger partial charge in [-0.3, -0.25) is 4.57 Å². The van der Waals surface area contributed by atoms with Crippen LogP contribution in [0.3, 0.4) is 0 Å². The summed E-state index contributed by atoms with van der Waals surface area (Å²) < 4.78 is 9.56. The Morgan fingerprint density at radius 1 is 0.231 bits per heavy atom. The largest absolute Gasteiger partial charge is 0.309 e. The van der Waals surface area contributed by atoms with E-state index in [1.54, 1.807) is 0 Å². The molecule has 0 N–H and O–H groups in total. The van der Waals surface area contributed by atoms with Crippen LogP contribution in [0.25, 0.3) is 154 Å². The summed E-state index contributed by atoms with van der Waals surface area (Å²) in [7, 11) is 0. The Kier molecular flexibility index (Phi) is 9.03. The molecule has 0 spiro atoms. The molecule has 17 rings (SSSR count). The van der Waals surface area contributed by atoms with Gasteiger partial charge >= 0.3 is 0 Å². The van der Waals surface area contributed by atoms with Gasteiger partial charge in [0.25, 0.3) is 0 Å². The second kappa shape index (κ2) is 16.5. The number of aromatic nitrogens is 6. The molecule has 0 saturated heterocycles. The van der Waals surface area contributed by atoms with Crippen molar-refractivity contribution in [3.63, 3.8) is 0 Å². The van der Waals surface area contributed by atoms with E-state index >= 15 is 0 Å². The van der Waals surface area contributed by atoms with Crippen LogP contribution in [0.5, 0.6) is 0 Å². The van der Waals surface area contributed by atoms with Crippen molar-refractivity contribution >= 4 is 109 Å². The van der Waals surface area contributed by atoms with Gasteiger partial charge in [0.05, 0.1) is 55.3 Å². The van der Waals surface area contributed by atoms with E-state index in [1.165, 1.54) is 59.9 Å². The summed E-state index contributed by atoms with van der Waals surface area (Å²) in [5.41, 5.74) is 17.6. The van der Waals surface area contributed by atoms with E-state index in [-0.39, 0.29) is 0 Å². The van der Waals surface area contributed by atoms with Crippen molar-refractivity contribution < 1.29 is 0 Å². The number of benzene rings is 12. The quantitative estimate of drug-likeness (QED) is 0.156. The van der Waals surface area contributed by atoms with Crippen molar-refractivity contribution in [2.45, 2.75) is 0 Å². The minimum Gasteiger partial charge on any atom is -0.309 e. The number of rotatable bonds is 6. The van der Waals surface area contributed by atoms with Gasteiger partial charge in [-0.15, -0.1) is 0 Å². The zero-order valence-corrected chi connectivity index (χ0v) is 42.1. The molecule has 0 aliphatic heterocycles. The average Bonchev–Trinajstić information content (AvgIpc) is 4.37. The van der Waals surface area contributed by atoms with E-state index < -0.39 is 0 Å². The van der Waals surface area contributed by atoms with E-state index in [2.05, 4.69) is 285 Å². The molecule has 0 aliphatic carbocycles. The van der Waals surface area contributed by atoms with Crippen molar-refractivity contribution in [3.05, 3.63) is 267 Å². The van der Waals surface area contributed by atoms with Crippen molar-refractivity contribution in [2.75, 3.05) is 0 Å². The molecule has 5 heterocycles. The Morgan fingerprint density at radius 2 is 0.667 bits per heavy atom. The number of nitrogens with zero attached hydrogens (tertiary/aromatic N) is 6. The molecule has 17 aromatic rings. The zero-order chi connectivity index (χ0) is 51.0. The van der Waals surface area contributed by atoms with Crippen LogP contribution in [0.2, 0.25) is 0 Å². The van der Waals surface area contributed by atoms with Gasteiger partial charge in [0.15, 0.2) is 0 Å². The summed E-state index contributed by atoms with van der Waals surface area (Å²) in [5.74, 6) is 0.624. The average molecular weight is 993 g/mol. The fourth-order valence-electron chi connectivity index (χ4n) is 13.0. The molecule has 0 fully saturated rings. The predicted octanol–water partition coefficient (Wildman–Crippen LogP) is 18.5. The monoisotopic (exact) mass is 992 g/mol. The maximum Gasteiger partial charge on any atom is 0.235 e. The van der Waals surface area contributed by atoms with Crippen molar-refractivity contribution in [2.24, 2.45) is 0 Å². The summed E-state index contributed by atoms with van der Waals surface area (Å²) >= 11 is 0. The molecule has 0 aliphatic rings. The summed E-state index contributed by atoms with van der Waals surface area (Å²) in [5, 5.41) is 12.8. The minimum absolute atomic E-state index is 0.624. The van der Waals surface area contributed by atoms with Crippen molar-refractivity contribution in [1.82, 2.24) is 28.2 Å². The summed E-state index contributed by atoms with van der Waals surface area (Å²) in [6, 6.07) is 96.8. The molecule has 6 heteroatoms. The summed E-state index contributed by atoms with van der Waals surface area (Å²) in [6.07, 6.45) is 0. The van der Waals surface area contributed by atoms with E-state index in [0.717, 1.165) is 88.4 Å². The maximum absolute atomic E-state index is 5.71. The second-order valence-corrected chi connectivity index (χ2v) is 20.5. The molecule has 362 valence electrons. The number of hydrogen-bond acceptors (Lipinski definition) is 2. The van der Waals surface area contributed by atoms with Crippen molar-refractivity contribution in [1.29, 1.82) is 0 Å². The first-order valence-electron chi connectivity index (χ1n) is 26.7. The Bertz CT molecular complexity index is 5330. The van der Waals surface area contributed by atoms with Gasteiger partial charge in [-0.05, 0) is 108 Å². The van der Waals surface area contributed by atoms with E-state index in [1.807, 2.05) is 0 Å². The van der Waals surface area contributed by atoms with Crippen molar-refractivity contribution in [3.8, 4) is 45.4 Å². The van der Waals surface area contributed by atoms with Gasteiger partial charge < -0.3 is 13.7 Å². The molecule has 0 amide bonds. The van der Waals surface area contributed by atoms with Crippen LogP contribution in [0.15, 0.2) is 267 Å². The van der Waals surface area contributed by atoms with Crippen LogP contribution in [-0.4, -0.2) is 28.2 Å². The van der Waals surface area contributed by atoms with Gasteiger partial charge in [0, 0.05) is 76.5 Å². The third-order valence-corrected chi connectivity index (χ3v) is 16.3. The SMILES string of the molecule is c1ccc(-n2c3ccccc3c3cc(-c4ccc5c(c4)c4ccccc4n5-c4nc(-c5cccc(-n6c7ccccc7c7ccc8c9ccccc9n(-c9ccccc9)c8c76)c5)c5ccc6ccccc6c5n4)ccc32)cc1. The molecule has 0 atom stereocenters. The highest BCUT2D eigenvalue weighted by Gasteiger charge is 2.24. The lowest BCUT2D eigenvalue weighted by atomic mass is 10.0. The van der Waals surface area contributed by atoms with Gasteiger partial charge in [0.1, 0.15) is 0 Å². The fraction of sp³-hybridized carbons (Fsp3) is 0. The lowest BCUT2D eigenvalue weighted by Crippen LogP contribution is -2.04. The third kappa shape index (κ3) is 6.14. The minimum atomic E-state index is 0.624. The first kappa shape index (κ1) is 42.8.